The van der Waals surface area contributed by atoms with Crippen LogP contribution < -0.4 is 11.1 Å². The summed E-state index contributed by atoms with van der Waals surface area (Å²) in [7, 11) is 0. The number of nitrogens with one attached hydrogen (secondary N) is 1. The number of rotatable bonds is 7. The van der Waals surface area contributed by atoms with Crippen LogP contribution in [0.1, 0.15) is 27.2 Å². The van der Waals surface area contributed by atoms with Crippen LogP contribution in [0, 0.1) is 5.92 Å². The minimum absolute atomic E-state index is 0.0101. The Hall–Kier alpha value is -0.610. The van der Waals surface area contributed by atoms with E-state index in [0.717, 1.165) is 6.42 Å². The Morgan fingerprint density at radius 2 is 2.14 bits per heavy atom. The van der Waals surface area contributed by atoms with Crippen molar-refractivity contribution in [3.63, 3.8) is 0 Å². The van der Waals surface area contributed by atoms with Gasteiger partial charge in [0, 0.05) is 18.6 Å². The summed E-state index contributed by atoms with van der Waals surface area (Å²) in [5.74, 6) is 0.0479. The molecule has 0 saturated heterocycles. The highest BCUT2D eigenvalue weighted by atomic mass is 16.5. The van der Waals surface area contributed by atoms with Gasteiger partial charge in [0.1, 0.15) is 0 Å². The molecule has 0 aromatic carbocycles. The third-order valence-corrected chi connectivity index (χ3v) is 2.01. The van der Waals surface area contributed by atoms with Crippen LogP contribution in [0.15, 0.2) is 0 Å². The van der Waals surface area contributed by atoms with Crippen LogP contribution in [0.4, 0.5) is 0 Å². The van der Waals surface area contributed by atoms with E-state index in [1.165, 1.54) is 0 Å². The van der Waals surface area contributed by atoms with Crippen LogP contribution in [0.5, 0.6) is 0 Å². The van der Waals surface area contributed by atoms with E-state index in [1.807, 2.05) is 20.8 Å². The van der Waals surface area contributed by atoms with E-state index in [9.17, 15) is 4.79 Å². The van der Waals surface area contributed by atoms with Gasteiger partial charge in [-0.25, -0.2) is 0 Å². The topological polar surface area (TPSA) is 64.3 Å². The molecule has 3 N–H and O–H groups in total. The maximum atomic E-state index is 11.5. The molecule has 1 amide bonds. The summed E-state index contributed by atoms with van der Waals surface area (Å²) in [5.41, 5.74) is 5.37. The molecule has 0 radical (unpaired) electrons. The number of carbonyl (C=O) groups excluding carboxylic acids is 1. The summed E-state index contributed by atoms with van der Waals surface area (Å²) in [6.45, 7) is 7.55. The second kappa shape index (κ2) is 7.76. The zero-order valence-corrected chi connectivity index (χ0v) is 9.38. The van der Waals surface area contributed by atoms with Crippen molar-refractivity contribution in [2.24, 2.45) is 11.7 Å². The molecule has 0 fully saturated rings. The SMILES string of the molecule is CCOCC(C)NC(=O)C(C)CCN. The van der Waals surface area contributed by atoms with Crippen LogP contribution in [0.25, 0.3) is 0 Å². The van der Waals surface area contributed by atoms with Gasteiger partial charge >= 0.3 is 0 Å². The van der Waals surface area contributed by atoms with Crippen molar-refractivity contribution < 1.29 is 9.53 Å². The Kier molecular flexibility index (Phi) is 7.42. The van der Waals surface area contributed by atoms with Crippen molar-refractivity contribution >= 4 is 5.91 Å². The molecule has 0 spiro atoms. The highest BCUT2D eigenvalue weighted by Crippen LogP contribution is 2.00. The van der Waals surface area contributed by atoms with Crippen LogP contribution in [0.3, 0.4) is 0 Å². The molecular formula is C10H22N2O2. The van der Waals surface area contributed by atoms with Gasteiger partial charge in [0.2, 0.25) is 5.91 Å². The predicted molar refractivity (Wildman–Crippen MR) is 56.9 cm³/mol. The van der Waals surface area contributed by atoms with E-state index in [0.29, 0.717) is 19.8 Å². The third-order valence-electron chi connectivity index (χ3n) is 2.01. The van der Waals surface area contributed by atoms with Crippen molar-refractivity contribution in [2.75, 3.05) is 19.8 Å². The van der Waals surface area contributed by atoms with Gasteiger partial charge in [-0.2, -0.15) is 0 Å². The van der Waals surface area contributed by atoms with Gasteiger partial charge in [0.15, 0.2) is 0 Å². The Bertz CT molecular complexity index is 162. The van der Waals surface area contributed by atoms with Gasteiger partial charge < -0.3 is 15.8 Å². The molecule has 14 heavy (non-hydrogen) atoms. The Balaban J connectivity index is 3.69. The number of ether oxygens (including phenoxy) is 1. The van der Waals surface area contributed by atoms with E-state index in [2.05, 4.69) is 5.32 Å². The van der Waals surface area contributed by atoms with Gasteiger partial charge in [-0.05, 0) is 26.8 Å². The fraction of sp³-hybridized carbons (Fsp3) is 0.900. The van der Waals surface area contributed by atoms with Crippen LogP contribution in [-0.2, 0) is 9.53 Å². The Morgan fingerprint density at radius 3 is 2.64 bits per heavy atom. The molecule has 0 heterocycles. The van der Waals surface area contributed by atoms with E-state index >= 15 is 0 Å². The van der Waals surface area contributed by atoms with Crippen LogP contribution in [0.2, 0.25) is 0 Å². The van der Waals surface area contributed by atoms with Gasteiger partial charge in [-0.3, -0.25) is 4.79 Å². The predicted octanol–water partition coefficient (Wildman–Crippen LogP) is 0.513. The Labute approximate surface area is 86.2 Å². The largest absolute Gasteiger partial charge is 0.380 e. The molecule has 0 aromatic heterocycles. The van der Waals surface area contributed by atoms with Crippen molar-refractivity contribution in [3.05, 3.63) is 0 Å². The standard InChI is InChI=1S/C10H22N2O2/c1-4-14-7-9(3)12-10(13)8(2)5-6-11/h8-9H,4-7,11H2,1-3H3,(H,12,13). The van der Waals surface area contributed by atoms with E-state index < -0.39 is 0 Å². The lowest BCUT2D eigenvalue weighted by Gasteiger charge is -2.16. The molecular weight excluding hydrogens is 180 g/mol. The van der Waals surface area contributed by atoms with Gasteiger partial charge in [0.25, 0.3) is 0 Å². The number of hydrogen-bond donors (Lipinski definition) is 2. The lowest BCUT2D eigenvalue weighted by Crippen LogP contribution is -2.39. The van der Waals surface area contributed by atoms with Gasteiger partial charge in [-0.1, -0.05) is 6.92 Å². The molecule has 4 heteroatoms. The van der Waals surface area contributed by atoms with Gasteiger partial charge in [-0.15, -0.1) is 0 Å². The minimum Gasteiger partial charge on any atom is -0.380 e. The molecule has 2 atom stereocenters. The molecule has 0 aliphatic heterocycles. The summed E-state index contributed by atoms with van der Waals surface area (Å²) >= 11 is 0. The fourth-order valence-electron chi connectivity index (χ4n) is 1.10. The van der Waals surface area contributed by atoms with E-state index in [4.69, 9.17) is 10.5 Å². The average molecular weight is 202 g/mol. The summed E-state index contributed by atoms with van der Waals surface area (Å²) in [4.78, 5) is 11.5. The van der Waals surface area contributed by atoms with Crippen LogP contribution >= 0.6 is 0 Å². The number of hydrogen-bond acceptors (Lipinski definition) is 3. The molecule has 0 bridgehead atoms. The number of nitrogens with two attached hydrogens (primary N) is 1. The molecule has 0 aliphatic carbocycles. The zero-order chi connectivity index (χ0) is 11.0. The van der Waals surface area contributed by atoms with Gasteiger partial charge in [0.05, 0.1) is 6.61 Å². The lowest BCUT2D eigenvalue weighted by atomic mass is 10.1. The second-order valence-electron chi connectivity index (χ2n) is 3.55. The third kappa shape index (κ3) is 5.94. The summed E-state index contributed by atoms with van der Waals surface area (Å²) < 4.78 is 5.20. The monoisotopic (exact) mass is 202 g/mol. The first-order chi connectivity index (χ1) is 6.61. The summed E-state index contributed by atoms with van der Waals surface area (Å²) in [5, 5.41) is 2.88. The lowest BCUT2D eigenvalue weighted by molar-refractivity contribution is -0.125. The fourth-order valence-corrected chi connectivity index (χ4v) is 1.10. The molecule has 0 aliphatic rings. The first kappa shape index (κ1) is 13.4. The van der Waals surface area contributed by atoms with Crippen LogP contribution in [-0.4, -0.2) is 31.7 Å². The van der Waals surface area contributed by atoms with Crippen molar-refractivity contribution in [1.82, 2.24) is 5.32 Å². The van der Waals surface area contributed by atoms with Crippen molar-refractivity contribution in [2.45, 2.75) is 33.2 Å². The number of amides is 1. The quantitative estimate of drug-likeness (QED) is 0.632. The maximum absolute atomic E-state index is 11.5. The second-order valence-corrected chi connectivity index (χ2v) is 3.55. The normalized spacial score (nSPS) is 14.9. The average Bonchev–Trinajstić information content (AvgIpc) is 2.15. The molecule has 4 nitrogen and oxygen atoms in total. The minimum atomic E-state index is -0.0101. The smallest absolute Gasteiger partial charge is 0.223 e. The summed E-state index contributed by atoms with van der Waals surface area (Å²) in [6.07, 6.45) is 0.729. The van der Waals surface area contributed by atoms with Crippen molar-refractivity contribution in [3.8, 4) is 0 Å². The van der Waals surface area contributed by atoms with E-state index in [-0.39, 0.29) is 17.9 Å². The molecule has 2 unspecified atom stereocenters. The molecule has 84 valence electrons. The molecule has 0 saturated carbocycles. The highest BCUT2D eigenvalue weighted by molar-refractivity contribution is 5.78. The van der Waals surface area contributed by atoms with Crippen molar-refractivity contribution in [1.29, 1.82) is 0 Å². The maximum Gasteiger partial charge on any atom is 0.223 e. The molecule has 0 aromatic rings. The first-order valence-corrected chi connectivity index (χ1v) is 5.20. The first-order valence-electron chi connectivity index (χ1n) is 5.20. The summed E-state index contributed by atoms with van der Waals surface area (Å²) in [6, 6.07) is 0.0719. The van der Waals surface area contributed by atoms with E-state index in [1.54, 1.807) is 0 Å². The Morgan fingerprint density at radius 1 is 1.50 bits per heavy atom. The zero-order valence-electron chi connectivity index (χ0n) is 9.38. The number of carbonyl (C=O) groups is 1. The highest BCUT2D eigenvalue weighted by Gasteiger charge is 2.13. The molecule has 0 rings (SSSR count).